The number of nitrogens with two attached hydrogens (primary N) is 1. The van der Waals surface area contributed by atoms with Gasteiger partial charge in [0.1, 0.15) is 4.83 Å². The first-order valence-electron chi connectivity index (χ1n) is 10.3. The fourth-order valence-corrected chi connectivity index (χ4v) is 8.64. The summed E-state index contributed by atoms with van der Waals surface area (Å²) in [5, 5.41) is 3.06. The van der Waals surface area contributed by atoms with Gasteiger partial charge in [0.25, 0.3) is 0 Å². The Balaban J connectivity index is 1.50. The number of hydrogen-bond donors (Lipinski definition) is 1. The summed E-state index contributed by atoms with van der Waals surface area (Å²) in [5.74, 6) is 2.59. The smallest absolute Gasteiger partial charge is 0.181 e. The van der Waals surface area contributed by atoms with E-state index in [0.29, 0.717) is 11.5 Å². The van der Waals surface area contributed by atoms with E-state index in [1.807, 2.05) is 6.92 Å². The molecule has 28 heavy (non-hydrogen) atoms. The summed E-state index contributed by atoms with van der Waals surface area (Å²) in [5.41, 5.74) is 9.28. The van der Waals surface area contributed by atoms with E-state index in [0.717, 1.165) is 63.4 Å². The molecule has 3 nitrogen and oxygen atoms in total. The lowest BCUT2D eigenvalue weighted by Gasteiger charge is -2.55. The minimum atomic E-state index is -0.151. The van der Waals surface area contributed by atoms with Crippen LogP contribution in [0, 0.1) is 30.1 Å². The van der Waals surface area contributed by atoms with Crippen molar-refractivity contribution < 1.29 is 4.79 Å². The topological polar surface area (TPSA) is 56.0 Å². The first-order valence-corrected chi connectivity index (χ1v) is 12.0. The highest BCUT2D eigenvalue weighted by Crippen LogP contribution is 2.61. The number of thiophene rings is 2. The zero-order valence-corrected chi connectivity index (χ0v) is 17.7. The number of Topliss-reactive ketones (excluding diaryl/α,β-unsaturated/α-hetero) is 1. The van der Waals surface area contributed by atoms with E-state index < -0.39 is 0 Å². The molecular weight excluding hydrogens is 384 g/mol. The second kappa shape index (κ2) is 5.90. The van der Waals surface area contributed by atoms with Crippen LogP contribution < -0.4 is 5.73 Å². The monoisotopic (exact) mass is 408 g/mol. The summed E-state index contributed by atoms with van der Waals surface area (Å²) in [4.78, 5) is 21.5. The molecule has 0 unspecified atom stereocenters. The highest BCUT2D eigenvalue weighted by molar-refractivity contribution is 7.21. The van der Waals surface area contributed by atoms with Gasteiger partial charge in [0.2, 0.25) is 0 Å². The lowest BCUT2D eigenvalue weighted by Crippen LogP contribution is -2.49. The standard InChI is InChI=1S/C23H24N2OS2/c1-12-5-16(17-3-2-4-27-17)18-19(24)20(28-22(18)25-12)21(26)23-9-13-6-14(10-23)8-15(7-13)11-23/h2-5,13-15H,6-11,24H2,1H3. The van der Waals surface area contributed by atoms with E-state index in [4.69, 9.17) is 10.7 Å². The second-order valence-corrected chi connectivity index (χ2v) is 11.3. The quantitative estimate of drug-likeness (QED) is 0.516. The van der Waals surface area contributed by atoms with Crippen molar-refractivity contribution >= 4 is 44.4 Å². The van der Waals surface area contributed by atoms with Crippen LogP contribution >= 0.6 is 22.7 Å². The second-order valence-electron chi connectivity index (χ2n) is 9.34. The third-order valence-electron chi connectivity index (χ3n) is 7.34. The molecule has 5 heteroatoms. The molecule has 0 amide bonds. The van der Waals surface area contributed by atoms with Crippen LogP contribution in [-0.2, 0) is 0 Å². The molecule has 0 aliphatic heterocycles. The predicted molar refractivity (Wildman–Crippen MR) is 117 cm³/mol. The molecule has 7 rings (SSSR count). The molecule has 4 saturated carbocycles. The van der Waals surface area contributed by atoms with Crippen LogP contribution in [0.2, 0.25) is 0 Å². The van der Waals surface area contributed by atoms with Gasteiger partial charge in [-0.25, -0.2) is 4.98 Å². The van der Waals surface area contributed by atoms with Crippen LogP contribution in [0.1, 0.15) is 53.9 Å². The third-order valence-corrected chi connectivity index (χ3v) is 9.34. The van der Waals surface area contributed by atoms with Gasteiger partial charge >= 0.3 is 0 Å². The Morgan fingerprint density at radius 3 is 2.46 bits per heavy atom. The highest BCUT2D eigenvalue weighted by atomic mass is 32.1. The number of aryl methyl sites for hydroxylation is 1. The average Bonchev–Trinajstić information content (AvgIpc) is 3.28. The molecule has 4 aliphatic carbocycles. The normalized spacial score (nSPS) is 31.0. The van der Waals surface area contributed by atoms with Crippen molar-refractivity contribution in [2.24, 2.45) is 23.2 Å². The number of aromatic nitrogens is 1. The first kappa shape index (κ1) is 17.2. The van der Waals surface area contributed by atoms with Gasteiger partial charge in [-0.05, 0) is 80.7 Å². The highest BCUT2D eigenvalue weighted by Gasteiger charge is 2.55. The van der Waals surface area contributed by atoms with Crippen LogP contribution in [0.25, 0.3) is 20.7 Å². The van der Waals surface area contributed by atoms with Crippen LogP contribution in [0.4, 0.5) is 5.69 Å². The summed E-state index contributed by atoms with van der Waals surface area (Å²) in [6, 6.07) is 6.29. The third kappa shape index (κ3) is 2.38. The van der Waals surface area contributed by atoms with Gasteiger partial charge in [-0.1, -0.05) is 6.07 Å². The van der Waals surface area contributed by atoms with Gasteiger partial charge in [0.05, 0.1) is 10.6 Å². The van der Waals surface area contributed by atoms with E-state index >= 15 is 0 Å². The molecule has 0 spiro atoms. The fraction of sp³-hybridized carbons (Fsp3) is 0.478. The summed E-state index contributed by atoms with van der Waals surface area (Å²) >= 11 is 3.24. The van der Waals surface area contributed by atoms with Gasteiger partial charge in [-0.15, -0.1) is 22.7 Å². The Hall–Kier alpha value is -1.72. The molecule has 3 aromatic heterocycles. The number of fused-ring (bicyclic) bond motifs is 1. The zero-order chi connectivity index (χ0) is 19.0. The van der Waals surface area contributed by atoms with Gasteiger partial charge in [-0.2, -0.15) is 0 Å². The number of rotatable bonds is 3. The molecule has 4 bridgehead atoms. The summed E-state index contributed by atoms with van der Waals surface area (Å²) in [6.07, 6.45) is 7.27. The molecule has 0 saturated heterocycles. The Bertz CT molecular complexity index is 1060. The molecule has 4 fully saturated rings. The van der Waals surface area contributed by atoms with E-state index in [1.54, 1.807) is 11.3 Å². The largest absolute Gasteiger partial charge is 0.397 e. The van der Waals surface area contributed by atoms with Crippen LogP contribution in [0.3, 0.4) is 0 Å². The maximum Gasteiger partial charge on any atom is 0.181 e. The number of pyridine rings is 1. The van der Waals surface area contributed by atoms with Crippen molar-refractivity contribution in [3.8, 4) is 10.4 Å². The number of carbonyl (C=O) groups is 1. The lowest BCUT2D eigenvalue weighted by atomic mass is 9.48. The van der Waals surface area contributed by atoms with Crippen LogP contribution in [-0.4, -0.2) is 10.8 Å². The number of nitrogen functional groups attached to an aromatic ring is 1. The minimum absolute atomic E-state index is 0.151. The molecule has 2 N–H and O–H groups in total. The summed E-state index contributed by atoms with van der Waals surface area (Å²) < 4.78 is 0. The number of ketones is 1. The van der Waals surface area contributed by atoms with E-state index in [1.165, 1.54) is 35.5 Å². The SMILES string of the molecule is Cc1cc(-c2cccs2)c2c(N)c(C(=O)C34CC5CC(CC(C5)C3)C4)sc2n1. The molecule has 0 aromatic carbocycles. The lowest BCUT2D eigenvalue weighted by molar-refractivity contribution is -0.0350. The predicted octanol–water partition coefficient (Wildman–Crippen LogP) is 6.31. The Morgan fingerprint density at radius 1 is 1.18 bits per heavy atom. The average molecular weight is 409 g/mol. The van der Waals surface area contributed by atoms with E-state index in [-0.39, 0.29) is 5.41 Å². The maximum absolute atomic E-state index is 13.9. The Kier molecular flexibility index (Phi) is 3.61. The maximum atomic E-state index is 13.9. The van der Waals surface area contributed by atoms with E-state index in [9.17, 15) is 4.79 Å². The fourth-order valence-electron chi connectivity index (χ4n) is 6.67. The molecule has 0 atom stereocenters. The number of nitrogens with zero attached hydrogens (tertiary/aromatic N) is 1. The Morgan fingerprint density at radius 2 is 1.86 bits per heavy atom. The molecular formula is C23H24N2OS2. The van der Waals surface area contributed by atoms with Crippen molar-refractivity contribution in [2.45, 2.75) is 45.4 Å². The Labute approximate surface area is 173 Å². The molecule has 144 valence electrons. The minimum Gasteiger partial charge on any atom is -0.397 e. The van der Waals surface area contributed by atoms with Crippen molar-refractivity contribution in [1.82, 2.24) is 4.98 Å². The van der Waals surface area contributed by atoms with Crippen molar-refractivity contribution in [1.29, 1.82) is 0 Å². The first-order chi connectivity index (χ1) is 13.5. The summed E-state index contributed by atoms with van der Waals surface area (Å²) in [7, 11) is 0. The van der Waals surface area contributed by atoms with Gasteiger partial charge in [0, 0.05) is 26.9 Å². The van der Waals surface area contributed by atoms with E-state index in [2.05, 4.69) is 23.6 Å². The molecule has 0 radical (unpaired) electrons. The molecule has 3 aromatic rings. The van der Waals surface area contributed by atoms with Crippen LogP contribution in [0.5, 0.6) is 0 Å². The zero-order valence-electron chi connectivity index (χ0n) is 16.0. The van der Waals surface area contributed by atoms with Crippen molar-refractivity contribution in [3.63, 3.8) is 0 Å². The van der Waals surface area contributed by atoms with Crippen LogP contribution in [0.15, 0.2) is 23.6 Å². The molecule has 3 heterocycles. The number of hydrogen-bond acceptors (Lipinski definition) is 5. The van der Waals surface area contributed by atoms with Gasteiger partial charge in [-0.3, -0.25) is 4.79 Å². The summed E-state index contributed by atoms with van der Waals surface area (Å²) in [6.45, 7) is 2.02. The molecule has 4 aliphatic rings. The number of anilines is 1. The van der Waals surface area contributed by atoms with Crippen molar-refractivity contribution in [2.75, 3.05) is 5.73 Å². The van der Waals surface area contributed by atoms with Crippen molar-refractivity contribution in [3.05, 3.63) is 34.2 Å². The van der Waals surface area contributed by atoms with Gasteiger partial charge in [0.15, 0.2) is 5.78 Å². The number of carbonyl (C=O) groups excluding carboxylic acids is 1. The van der Waals surface area contributed by atoms with Gasteiger partial charge < -0.3 is 5.73 Å².